The molecule has 9 nitrogen and oxygen atoms in total. The summed E-state index contributed by atoms with van der Waals surface area (Å²) in [5.74, 6) is -1.46. The van der Waals surface area contributed by atoms with Gasteiger partial charge in [-0.05, 0) is 6.07 Å². The average molecular weight is 463 g/mol. The smallest absolute Gasteiger partial charge is 0.289 e. The Morgan fingerprint density at radius 2 is 2.03 bits per heavy atom. The number of anilines is 1. The van der Waals surface area contributed by atoms with E-state index >= 15 is 0 Å². The monoisotopic (exact) mass is 462 g/mol. The molecule has 0 saturated heterocycles. The van der Waals surface area contributed by atoms with E-state index in [1.54, 1.807) is 0 Å². The number of aromatic nitrogens is 4. The summed E-state index contributed by atoms with van der Waals surface area (Å²) in [6, 6.07) is 1.67. The van der Waals surface area contributed by atoms with Crippen LogP contribution in [0.5, 0.6) is 5.75 Å². The molecule has 31 heavy (non-hydrogen) atoms. The first-order valence-electron chi connectivity index (χ1n) is 8.83. The molecule has 2 amide bonds. The standard InChI is InChI=1S/C19H13Cl2FN6O3/c1-28-17-14(3-10(20)5-25-17)31-8-13(19(28)30)26-18(29)16-24-7-12(21)15(27-16)9-2-11(22)6-23-4-9/h2-7,13H,8H2,1H3,(H,26,29). The van der Waals surface area contributed by atoms with Gasteiger partial charge in [0.25, 0.3) is 11.8 Å². The van der Waals surface area contributed by atoms with Gasteiger partial charge in [-0.1, -0.05) is 23.2 Å². The second-order valence-electron chi connectivity index (χ2n) is 6.49. The number of halogens is 3. The van der Waals surface area contributed by atoms with E-state index in [0.29, 0.717) is 10.8 Å². The van der Waals surface area contributed by atoms with Crippen molar-refractivity contribution in [1.82, 2.24) is 25.3 Å². The van der Waals surface area contributed by atoms with Gasteiger partial charge in [0.15, 0.2) is 11.6 Å². The Balaban J connectivity index is 1.57. The minimum atomic E-state index is -1.04. The first-order valence-corrected chi connectivity index (χ1v) is 9.59. The largest absolute Gasteiger partial charge is 0.487 e. The number of nitrogens with zero attached hydrogens (tertiary/aromatic N) is 5. The predicted molar refractivity (Wildman–Crippen MR) is 110 cm³/mol. The van der Waals surface area contributed by atoms with Crippen molar-refractivity contribution in [1.29, 1.82) is 0 Å². The van der Waals surface area contributed by atoms with Gasteiger partial charge in [0.1, 0.15) is 18.5 Å². The summed E-state index contributed by atoms with van der Waals surface area (Å²) in [7, 11) is 1.50. The molecular weight excluding hydrogens is 450 g/mol. The molecule has 1 unspecified atom stereocenters. The van der Waals surface area contributed by atoms with E-state index in [1.165, 1.54) is 42.7 Å². The fourth-order valence-electron chi connectivity index (χ4n) is 2.90. The first-order chi connectivity index (χ1) is 14.8. The Morgan fingerprint density at radius 3 is 2.81 bits per heavy atom. The van der Waals surface area contributed by atoms with Crippen LogP contribution in [0, 0.1) is 5.82 Å². The zero-order valence-electron chi connectivity index (χ0n) is 15.8. The lowest BCUT2D eigenvalue weighted by Crippen LogP contribution is -2.49. The molecule has 1 aliphatic heterocycles. The number of fused-ring (bicyclic) bond motifs is 1. The van der Waals surface area contributed by atoms with Gasteiger partial charge >= 0.3 is 0 Å². The summed E-state index contributed by atoms with van der Waals surface area (Å²) in [4.78, 5) is 42.6. The number of hydrogen-bond acceptors (Lipinski definition) is 7. The quantitative estimate of drug-likeness (QED) is 0.636. The summed E-state index contributed by atoms with van der Waals surface area (Å²) in [5.41, 5.74) is 0.397. The van der Waals surface area contributed by atoms with Crippen LogP contribution in [0.25, 0.3) is 11.3 Å². The van der Waals surface area contributed by atoms with E-state index < -0.39 is 23.7 Å². The number of ether oxygens (including phenoxy) is 1. The van der Waals surface area contributed by atoms with Gasteiger partial charge in [-0.25, -0.2) is 19.3 Å². The van der Waals surface area contributed by atoms with E-state index in [4.69, 9.17) is 27.9 Å². The number of carbonyl (C=O) groups is 2. The van der Waals surface area contributed by atoms with Crippen molar-refractivity contribution in [3.05, 3.63) is 58.6 Å². The second kappa shape index (κ2) is 8.40. The molecule has 4 heterocycles. The van der Waals surface area contributed by atoms with Crippen molar-refractivity contribution >= 4 is 40.8 Å². The highest BCUT2D eigenvalue weighted by molar-refractivity contribution is 6.33. The van der Waals surface area contributed by atoms with Gasteiger partial charge in [0, 0.05) is 31.1 Å². The third-order valence-corrected chi connectivity index (χ3v) is 4.87. The van der Waals surface area contributed by atoms with Crippen molar-refractivity contribution < 1.29 is 18.7 Å². The maximum atomic E-state index is 13.5. The third-order valence-electron chi connectivity index (χ3n) is 4.38. The van der Waals surface area contributed by atoms with Crippen LogP contribution in [0.4, 0.5) is 10.2 Å². The van der Waals surface area contributed by atoms with Crippen LogP contribution in [-0.4, -0.2) is 51.4 Å². The minimum absolute atomic E-state index is 0.107. The van der Waals surface area contributed by atoms with E-state index in [0.717, 1.165) is 6.20 Å². The van der Waals surface area contributed by atoms with Crippen LogP contribution in [0.2, 0.25) is 10.0 Å². The zero-order valence-corrected chi connectivity index (χ0v) is 17.4. The topological polar surface area (TPSA) is 110 Å². The highest BCUT2D eigenvalue weighted by atomic mass is 35.5. The number of rotatable bonds is 3. The Hall–Kier alpha value is -3.37. The lowest BCUT2D eigenvalue weighted by atomic mass is 10.2. The summed E-state index contributed by atoms with van der Waals surface area (Å²) in [5, 5.41) is 2.99. The molecule has 1 aliphatic rings. The van der Waals surface area contributed by atoms with Gasteiger partial charge < -0.3 is 10.1 Å². The molecule has 0 spiro atoms. The lowest BCUT2D eigenvalue weighted by molar-refractivity contribution is -0.120. The van der Waals surface area contributed by atoms with Crippen molar-refractivity contribution in [3.63, 3.8) is 0 Å². The molecule has 12 heteroatoms. The van der Waals surface area contributed by atoms with Crippen molar-refractivity contribution in [2.45, 2.75) is 6.04 Å². The van der Waals surface area contributed by atoms with E-state index in [9.17, 15) is 14.0 Å². The summed E-state index contributed by atoms with van der Waals surface area (Å²) >= 11 is 12.0. The van der Waals surface area contributed by atoms with Gasteiger partial charge in [0.05, 0.1) is 28.1 Å². The number of pyridine rings is 2. The molecular formula is C19H13Cl2FN6O3. The molecule has 0 aromatic carbocycles. The predicted octanol–water partition coefficient (Wildman–Crippen LogP) is 2.53. The molecule has 0 fully saturated rings. The van der Waals surface area contributed by atoms with Gasteiger partial charge in [-0.15, -0.1) is 0 Å². The SMILES string of the molecule is CN1C(=O)C(NC(=O)c2ncc(Cl)c(-c3cncc(F)c3)n2)COc2cc(Cl)cnc21. The van der Waals surface area contributed by atoms with Crippen LogP contribution in [0.3, 0.4) is 0 Å². The Labute approximate surface area is 185 Å². The van der Waals surface area contributed by atoms with Crippen molar-refractivity contribution in [2.75, 3.05) is 18.6 Å². The van der Waals surface area contributed by atoms with Crippen LogP contribution in [-0.2, 0) is 4.79 Å². The van der Waals surface area contributed by atoms with Gasteiger partial charge in [-0.3, -0.25) is 19.5 Å². The first kappa shape index (κ1) is 20.9. The highest BCUT2D eigenvalue weighted by Gasteiger charge is 2.32. The fourth-order valence-corrected chi connectivity index (χ4v) is 3.25. The van der Waals surface area contributed by atoms with Crippen LogP contribution >= 0.6 is 23.2 Å². The fraction of sp³-hybridized carbons (Fsp3) is 0.158. The van der Waals surface area contributed by atoms with Gasteiger partial charge in [-0.2, -0.15) is 0 Å². The Morgan fingerprint density at radius 1 is 1.23 bits per heavy atom. The Kier molecular flexibility index (Phi) is 5.66. The third kappa shape index (κ3) is 4.25. The summed E-state index contributed by atoms with van der Waals surface area (Å²) < 4.78 is 19.1. The molecule has 0 radical (unpaired) electrons. The molecule has 3 aromatic heterocycles. The summed E-state index contributed by atoms with van der Waals surface area (Å²) in [6.07, 6.45) is 4.98. The van der Waals surface area contributed by atoms with E-state index in [2.05, 4.69) is 25.3 Å². The molecule has 3 aromatic rings. The van der Waals surface area contributed by atoms with Crippen LogP contribution < -0.4 is 15.0 Å². The van der Waals surface area contributed by atoms with Gasteiger partial charge in [0.2, 0.25) is 5.82 Å². The molecule has 0 aliphatic carbocycles. The van der Waals surface area contributed by atoms with Crippen molar-refractivity contribution in [3.8, 4) is 17.0 Å². The second-order valence-corrected chi connectivity index (χ2v) is 7.34. The molecule has 1 N–H and O–H groups in total. The van der Waals surface area contributed by atoms with E-state index in [-0.39, 0.29) is 34.5 Å². The molecule has 4 rings (SSSR count). The summed E-state index contributed by atoms with van der Waals surface area (Å²) in [6.45, 7) is -0.155. The minimum Gasteiger partial charge on any atom is -0.487 e. The maximum absolute atomic E-state index is 13.5. The molecule has 0 saturated carbocycles. The molecule has 1 atom stereocenters. The van der Waals surface area contributed by atoms with Crippen LogP contribution in [0.15, 0.2) is 36.9 Å². The lowest BCUT2D eigenvalue weighted by Gasteiger charge is -2.19. The maximum Gasteiger partial charge on any atom is 0.289 e. The number of likely N-dealkylation sites (N-methyl/N-ethyl adjacent to an activating group) is 1. The van der Waals surface area contributed by atoms with E-state index in [1.807, 2.05) is 0 Å². The number of amides is 2. The number of hydrogen-bond donors (Lipinski definition) is 1. The Bertz CT molecular complexity index is 1200. The molecule has 158 valence electrons. The average Bonchev–Trinajstić information content (AvgIpc) is 2.86. The van der Waals surface area contributed by atoms with Crippen LogP contribution in [0.1, 0.15) is 10.6 Å². The number of carbonyl (C=O) groups excluding carboxylic acids is 2. The number of nitrogens with one attached hydrogen (secondary N) is 1. The normalized spacial score (nSPS) is 15.7. The zero-order chi connectivity index (χ0) is 22.1. The molecule has 0 bridgehead atoms. The van der Waals surface area contributed by atoms with Crippen molar-refractivity contribution in [2.24, 2.45) is 0 Å². The highest BCUT2D eigenvalue weighted by Crippen LogP contribution is 2.30.